The summed E-state index contributed by atoms with van der Waals surface area (Å²) in [6.45, 7) is 9.44. The second-order valence-corrected chi connectivity index (χ2v) is 9.51. The number of phenols is 1. The maximum absolute atomic E-state index is 10.3. The van der Waals surface area contributed by atoms with E-state index in [0.717, 1.165) is 12.8 Å². The zero-order chi connectivity index (χ0) is 18.3. The van der Waals surface area contributed by atoms with Gasteiger partial charge in [-0.1, -0.05) is 65.5 Å². The van der Waals surface area contributed by atoms with Gasteiger partial charge >= 0.3 is 0 Å². The Balaban J connectivity index is 1.75. The average molecular weight is 345 g/mol. The van der Waals surface area contributed by atoms with E-state index in [0.29, 0.717) is 16.6 Å². The highest BCUT2D eigenvalue weighted by atomic mass is 16.3. The Hall–Kier alpha value is -0.980. The number of hydrogen-bond donors (Lipinski definition) is 1. The molecule has 1 N–H and O–H groups in total. The van der Waals surface area contributed by atoms with E-state index in [1.807, 2.05) is 12.1 Å². The molecule has 0 atom stereocenters. The van der Waals surface area contributed by atoms with E-state index in [1.165, 1.54) is 75.3 Å². The molecular weight excluding hydrogens is 304 g/mol. The summed E-state index contributed by atoms with van der Waals surface area (Å²) < 4.78 is 0. The molecule has 1 heteroatoms. The van der Waals surface area contributed by atoms with Crippen molar-refractivity contribution in [3.8, 4) is 5.75 Å². The monoisotopic (exact) mass is 344 g/mol. The molecule has 1 fully saturated rings. The lowest BCUT2D eigenvalue weighted by atomic mass is 9.84. The van der Waals surface area contributed by atoms with Crippen LogP contribution in [-0.4, -0.2) is 5.11 Å². The summed E-state index contributed by atoms with van der Waals surface area (Å²) in [4.78, 5) is 0. The van der Waals surface area contributed by atoms with Crippen molar-refractivity contribution >= 4 is 0 Å². The molecule has 25 heavy (non-hydrogen) atoms. The second-order valence-electron chi connectivity index (χ2n) is 9.51. The summed E-state index contributed by atoms with van der Waals surface area (Å²) in [5.74, 6) is 0.512. The van der Waals surface area contributed by atoms with Gasteiger partial charge in [-0.3, -0.25) is 0 Å². The molecule has 1 nitrogen and oxygen atoms in total. The van der Waals surface area contributed by atoms with Gasteiger partial charge in [0.1, 0.15) is 5.75 Å². The van der Waals surface area contributed by atoms with Gasteiger partial charge in [-0.2, -0.15) is 0 Å². The summed E-state index contributed by atoms with van der Waals surface area (Å²) in [5.41, 5.74) is 3.75. The minimum Gasteiger partial charge on any atom is -0.508 e. The first-order valence-corrected chi connectivity index (χ1v) is 10.6. The summed E-state index contributed by atoms with van der Waals surface area (Å²) >= 11 is 0. The van der Waals surface area contributed by atoms with Gasteiger partial charge in [0, 0.05) is 0 Å². The minimum atomic E-state index is 0.458. The van der Waals surface area contributed by atoms with Crippen molar-refractivity contribution in [1.29, 1.82) is 0 Å². The highest BCUT2D eigenvalue weighted by molar-refractivity contribution is 5.39. The molecule has 1 aliphatic rings. The minimum absolute atomic E-state index is 0.458. The molecule has 1 aromatic carbocycles. The zero-order valence-corrected chi connectivity index (χ0v) is 17.2. The highest BCUT2D eigenvalue weighted by Gasteiger charge is 2.35. The molecule has 0 spiro atoms. The molecule has 2 rings (SSSR count). The lowest BCUT2D eigenvalue weighted by Crippen LogP contribution is -2.09. The third-order valence-electron chi connectivity index (χ3n) is 6.57. The number of hydrogen-bond acceptors (Lipinski definition) is 1. The van der Waals surface area contributed by atoms with Crippen LogP contribution < -0.4 is 0 Å². The van der Waals surface area contributed by atoms with E-state index >= 15 is 0 Å². The van der Waals surface area contributed by atoms with Crippen molar-refractivity contribution in [2.75, 3.05) is 0 Å². The first kappa shape index (κ1) is 20.3. The molecule has 0 radical (unpaired) electrons. The fourth-order valence-corrected chi connectivity index (χ4v) is 3.73. The molecule has 0 aromatic heterocycles. The maximum Gasteiger partial charge on any atom is 0.119 e. The smallest absolute Gasteiger partial charge is 0.119 e. The van der Waals surface area contributed by atoms with Crippen LogP contribution in [0, 0.1) is 10.8 Å². The predicted molar refractivity (Wildman–Crippen MR) is 109 cm³/mol. The summed E-state index contributed by atoms with van der Waals surface area (Å²) in [6, 6.07) is 6.11. The van der Waals surface area contributed by atoms with Crippen LogP contribution in [0.15, 0.2) is 18.2 Å². The van der Waals surface area contributed by atoms with Gasteiger partial charge in [0.2, 0.25) is 0 Å². The number of aryl methyl sites for hydroxylation is 1. The Morgan fingerprint density at radius 1 is 1.00 bits per heavy atom. The predicted octanol–water partition coefficient (Wildman–Crippen LogP) is 7.44. The standard InChI is InChI=1S/C24H40O/c1-5-23(2,3)16-10-8-14-21-20(13-11-15-22(21)25)12-7-6-9-17-24(4)18-19-24/h11,13,15,25H,5-10,12,14,16-19H2,1-4H3. The van der Waals surface area contributed by atoms with Crippen LogP contribution in [0.5, 0.6) is 5.75 Å². The van der Waals surface area contributed by atoms with Crippen LogP contribution >= 0.6 is 0 Å². The molecule has 0 unspecified atom stereocenters. The van der Waals surface area contributed by atoms with Crippen LogP contribution in [-0.2, 0) is 12.8 Å². The van der Waals surface area contributed by atoms with E-state index in [9.17, 15) is 5.11 Å². The van der Waals surface area contributed by atoms with Crippen LogP contribution in [0.1, 0.15) is 103 Å². The molecule has 0 bridgehead atoms. The van der Waals surface area contributed by atoms with Gasteiger partial charge in [0.25, 0.3) is 0 Å². The first-order chi connectivity index (χ1) is 11.9. The average Bonchev–Trinajstić information content (AvgIpc) is 3.30. The molecule has 0 saturated heterocycles. The molecule has 0 aliphatic heterocycles. The number of phenolic OH excluding ortho intramolecular Hbond substituents is 1. The van der Waals surface area contributed by atoms with Crippen molar-refractivity contribution in [3.05, 3.63) is 29.3 Å². The van der Waals surface area contributed by atoms with E-state index in [2.05, 4.69) is 33.8 Å². The third-order valence-corrected chi connectivity index (χ3v) is 6.57. The van der Waals surface area contributed by atoms with Gasteiger partial charge in [-0.15, -0.1) is 0 Å². The number of unbranched alkanes of at least 4 members (excludes halogenated alkanes) is 3. The lowest BCUT2D eigenvalue weighted by molar-refractivity contribution is 0.309. The van der Waals surface area contributed by atoms with Crippen LogP contribution in [0.25, 0.3) is 0 Å². The fraction of sp³-hybridized carbons (Fsp3) is 0.750. The molecular formula is C24H40O. The number of rotatable bonds is 12. The first-order valence-electron chi connectivity index (χ1n) is 10.6. The van der Waals surface area contributed by atoms with Crippen molar-refractivity contribution in [2.24, 2.45) is 10.8 Å². The maximum atomic E-state index is 10.3. The van der Waals surface area contributed by atoms with Gasteiger partial charge in [0.05, 0.1) is 0 Å². The Labute approximate surface area is 156 Å². The van der Waals surface area contributed by atoms with Crippen LogP contribution in [0.2, 0.25) is 0 Å². The van der Waals surface area contributed by atoms with Gasteiger partial charge < -0.3 is 5.11 Å². The molecule has 1 aromatic rings. The van der Waals surface area contributed by atoms with Crippen LogP contribution in [0.3, 0.4) is 0 Å². The van der Waals surface area contributed by atoms with Crippen molar-refractivity contribution in [1.82, 2.24) is 0 Å². The SMILES string of the molecule is CCC(C)(C)CCCCc1c(O)cccc1CCCCCC1(C)CC1. The highest BCUT2D eigenvalue weighted by Crippen LogP contribution is 2.49. The Morgan fingerprint density at radius 3 is 2.40 bits per heavy atom. The Kier molecular flexibility index (Phi) is 7.40. The fourth-order valence-electron chi connectivity index (χ4n) is 3.73. The van der Waals surface area contributed by atoms with Crippen LogP contribution in [0.4, 0.5) is 0 Å². The van der Waals surface area contributed by atoms with E-state index in [4.69, 9.17) is 0 Å². The number of aromatic hydroxyl groups is 1. The molecule has 142 valence electrons. The molecule has 0 heterocycles. The topological polar surface area (TPSA) is 20.2 Å². The van der Waals surface area contributed by atoms with Crippen molar-refractivity contribution < 1.29 is 5.11 Å². The van der Waals surface area contributed by atoms with E-state index in [1.54, 1.807) is 0 Å². The molecule has 1 aliphatic carbocycles. The van der Waals surface area contributed by atoms with Gasteiger partial charge in [-0.05, 0) is 79.4 Å². The van der Waals surface area contributed by atoms with Gasteiger partial charge in [0.15, 0.2) is 0 Å². The Bertz CT molecular complexity index is 525. The van der Waals surface area contributed by atoms with E-state index in [-0.39, 0.29) is 0 Å². The summed E-state index contributed by atoms with van der Waals surface area (Å²) in [7, 11) is 0. The molecule has 0 amide bonds. The summed E-state index contributed by atoms with van der Waals surface area (Å²) in [5, 5.41) is 10.3. The van der Waals surface area contributed by atoms with Gasteiger partial charge in [-0.25, -0.2) is 0 Å². The summed E-state index contributed by atoms with van der Waals surface area (Å²) in [6.07, 6.45) is 15.4. The van der Waals surface area contributed by atoms with E-state index < -0.39 is 0 Å². The van der Waals surface area contributed by atoms with Crippen molar-refractivity contribution in [3.63, 3.8) is 0 Å². The third kappa shape index (κ3) is 7.04. The van der Waals surface area contributed by atoms with Crippen molar-refractivity contribution in [2.45, 2.75) is 105 Å². The number of benzene rings is 1. The largest absolute Gasteiger partial charge is 0.508 e. The quantitative estimate of drug-likeness (QED) is 0.390. The molecule has 1 saturated carbocycles. The Morgan fingerprint density at radius 2 is 1.72 bits per heavy atom. The second kappa shape index (κ2) is 9.10. The zero-order valence-electron chi connectivity index (χ0n) is 17.2. The normalized spacial score (nSPS) is 16.2. The lowest BCUT2D eigenvalue weighted by Gasteiger charge is -2.22.